The van der Waals surface area contributed by atoms with E-state index in [-0.39, 0.29) is 6.03 Å². The van der Waals surface area contributed by atoms with E-state index in [1.165, 1.54) is 33.2 Å². The molecule has 2 amide bonds. The third-order valence-electron chi connectivity index (χ3n) is 4.94. The van der Waals surface area contributed by atoms with E-state index >= 15 is 0 Å². The van der Waals surface area contributed by atoms with Crippen LogP contribution in [0.25, 0.3) is 21.0 Å². The minimum atomic E-state index is -0.263. The molecule has 0 radical (unpaired) electrons. The third-order valence-corrected chi connectivity index (χ3v) is 6.11. The zero-order valence-electron chi connectivity index (χ0n) is 14.4. The van der Waals surface area contributed by atoms with Gasteiger partial charge in [0, 0.05) is 17.0 Å². The molecule has 0 fully saturated rings. The number of anilines is 1. The predicted octanol–water partition coefficient (Wildman–Crippen LogP) is 5.52. The zero-order valence-corrected chi connectivity index (χ0v) is 16.0. The van der Waals surface area contributed by atoms with Crippen LogP contribution in [0.3, 0.4) is 0 Å². The molecule has 0 saturated carbocycles. The van der Waals surface area contributed by atoms with Gasteiger partial charge in [0.1, 0.15) is 0 Å². The van der Waals surface area contributed by atoms with Gasteiger partial charge in [0.15, 0.2) is 5.13 Å². The molecular weight excluding hydrogens is 378 g/mol. The van der Waals surface area contributed by atoms with E-state index in [1.54, 1.807) is 0 Å². The molecule has 6 heteroatoms. The minimum Gasteiger partial charge on any atom is -0.334 e. The quantitative estimate of drug-likeness (QED) is 0.481. The Kier molecular flexibility index (Phi) is 3.99. The Hall–Kier alpha value is -2.63. The first-order chi connectivity index (χ1) is 13.2. The lowest BCUT2D eigenvalue weighted by atomic mass is 10.0. The molecule has 0 saturated heterocycles. The Morgan fingerprint density at radius 2 is 1.93 bits per heavy atom. The van der Waals surface area contributed by atoms with Gasteiger partial charge in [0.25, 0.3) is 0 Å². The minimum absolute atomic E-state index is 0.263. The molecule has 2 N–H and O–H groups in total. The van der Waals surface area contributed by atoms with Gasteiger partial charge < -0.3 is 5.32 Å². The molecule has 3 aromatic carbocycles. The highest BCUT2D eigenvalue weighted by Crippen LogP contribution is 2.38. The highest BCUT2D eigenvalue weighted by Gasteiger charge is 2.18. The summed E-state index contributed by atoms with van der Waals surface area (Å²) in [6.07, 6.45) is 2.18. The lowest BCUT2D eigenvalue weighted by Gasteiger charge is -2.05. The van der Waals surface area contributed by atoms with Crippen molar-refractivity contribution in [2.75, 3.05) is 5.32 Å². The van der Waals surface area contributed by atoms with Crippen LogP contribution < -0.4 is 10.6 Å². The predicted molar refractivity (Wildman–Crippen MR) is 112 cm³/mol. The molecule has 4 nitrogen and oxygen atoms in total. The third kappa shape index (κ3) is 3.03. The highest BCUT2D eigenvalue weighted by atomic mass is 35.5. The van der Waals surface area contributed by atoms with Crippen LogP contribution >= 0.6 is 22.9 Å². The molecule has 1 heterocycles. The summed E-state index contributed by atoms with van der Waals surface area (Å²) in [6.45, 7) is 0.435. The largest absolute Gasteiger partial charge is 0.334 e. The summed E-state index contributed by atoms with van der Waals surface area (Å²) in [7, 11) is 0. The Morgan fingerprint density at radius 1 is 1.11 bits per heavy atom. The number of fused-ring (bicyclic) bond motifs is 2. The lowest BCUT2D eigenvalue weighted by molar-refractivity contribution is 0.251. The van der Waals surface area contributed by atoms with E-state index in [2.05, 4.69) is 39.9 Å². The number of carbonyl (C=O) groups is 1. The molecule has 0 atom stereocenters. The molecule has 0 aliphatic heterocycles. The number of thiazole rings is 1. The summed E-state index contributed by atoms with van der Waals surface area (Å²) < 4.78 is 1.12. The number of benzene rings is 3. The number of carbonyl (C=O) groups excluding carboxylic acids is 1. The maximum absolute atomic E-state index is 12.2. The van der Waals surface area contributed by atoms with Crippen LogP contribution in [-0.4, -0.2) is 11.0 Å². The van der Waals surface area contributed by atoms with Crippen LogP contribution in [0.4, 0.5) is 9.93 Å². The molecule has 4 aromatic rings. The normalized spacial score (nSPS) is 12.6. The summed E-state index contributed by atoms with van der Waals surface area (Å²) in [5.41, 5.74) is 4.74. The van der Waals surface area contributed by atoms with Gasteiger partial charge in [-0.05, 0) is 53.1 Å². The van der Waals surface area contributed by atoms with Crippen molar-refractivity contribution in [1.29, 1.82) is 0 Å². The Labute approximate surface area is 165 Å². The Morgan fingerprint density at radius 3 is 2.78 bits per heavy atom. The number of rotatable bonds is 3. The number of halogens is 1. The molecule has 27 heavy (non-hydrogen) atoms. The average molecular weight is 394 g/mol. The van der Waals surface area contributed by atoms with Crippen molar-refractivity contribution in [1.82, 2.24) is 10.3 Å². The van der Waals surface area contributed by atoms with Crippen molar-refractivity contribution in [3.8, 4) is 0 Å². The highest BCUT2D eigenvalue weighted by molar-refractivity contribution is 7.22. The fraction of sp³-hybridized carbons (Fsp3) is 0.143. The van der Waals surface area contributed by atoms with E-state index < -0.39 is 0 Å². The summed E-state index contributed by atoms with van der Waals surface area (Å²) in [4.78, 5) is 16.9. The van der Waals surface area contributed by atoms with E-state index in [9.17, 15) is 4.79 Å². The molecule has 0 bridgehead atoms. The van der Waals surface area contributed by atoms with E-state index in [0.29, 0.717) is 16.7 Å². The van der Waals surface area contributed by atoms with Crippen molar-refractivity contribution in [3.63, 3.8) is 0 Å². The van der Waals surface area contributed by atoms with Gasteiger partial charge >= 0.3 is 6.03 Å². The number of nitrogens with zero attached hydrogens (tertiary/aromatic N) is 1. The van der Waals surface area contributed by atoms with Crippen LogP contribution in [0.1, 0.15) is 16.7 Å². The van der Waals surface area contributed by atoms with Crippen molar-refractivity contribution in [2.45, 2.75) is 19.4 Å². The number of hydrogen-bond acceptors (Lipinski definition) is 3. The summed E-state index contributed by atoms with van der Waals surface area (Å²) in [5, 5.41) is 9.54. The number of nitrogens with one attached hydrogen (secondary N) is 2. The van der Waals surface area contributed by atoms with Gasteiger partial charge in [-0.25, -0.2) is 9.78 Å². The standard InChI is InChI=1S/C21H16ClN3OS/c22-15-8-4-12(5-9-15)11-23-20(26)25-21-24-19-16-3-1-2-13-6-7-14(18(13)16)10-17(19)27-21/h1-5,8-10H,6-7,11H2,(H2,23,24,25,26). The van der Waals surface area contributed by atoms with Gasteiger partial charge in [0.2, 0.25) is 0 Å². The molecule has 1 aliphatic carbocycles. The first kappa shape index (κ1) is 16.5. The number of aryl methyl sites for hydroxylation is 2. The monoisotopic (exact) mass is 393 g/mol. The second-order valence-electron chi connectivity index (χ2n) is 6.68. The number of aromatic nitrogens is 1. The maximum atomic E-state index is 12.2. The summed E-state index contributed by atoms with van der Waals surface area (Å²) in [6, 6.07) is 15.8. The molecule has 1 aliphatic rings. The second-order valence-corrected chi connectivity index (χ2v) is 8.14. The number of amides is 2. The zero-order chi connectivity index (χ0) is 18.4. The van der Waals surface area contributed by atoms with Crippen LogP contribution in [0, 0.1) is 0 Å². The molecule has 0 unspecified atom stereocenters. The number of urea groups is 1. The van der Waals surface area contributed by atoms with Gasteiger partial charge in [-0.2, -0.15) is 0 Å². The van der Waals surface area contributed by atoms with E-state index in [1.807, 2.05) is 24.3 Å². The molecule has 0 spiro atoms. The maximum Gasteiger partial charge on any atom is 0.321 e. The fourth-order valence-corrected chi connectivity index (χ4v) is 4.75. The van der Waals surface area contributed by atoms with E-state index in [4.69, 9.17) is 11.6 Å². The smallest absolute Gasteiger partial charge is 0.321 e. The Bertz CT molecular complexity index is 1180. The summed E-state index contributed by atoms with van der Waals surface area (Å²) in [5.74, 6) is 0. The Balaban J connectivity index is 1.38. The number of hydrogen-bond donors (Lipinski definition) is 2. The van der Waals surface area contributed by atoms with Gasteiger partial charge in [0.05, 0.1) is 10.2 Å². The molecular formula is C21H16ClN3OS. The van der Waals surface area contributed by atoms with E-state index in [0.717, 1.165) is 28.6 Å². The van der Waals surface area contributed by atoms with Crippen molar-refractivity contribution in [3.05, 3.63) is 70.2 Å². The van der Waals surface area contributed by atoms with Crippen molar-refractivity contribution >= 4 is 55.1 Å². The second kappa shape index (κ2) is 6.51. The topological polar surface area (TPSA) is 54.0 Å². The molecule has 1 aromatic heterocycles. The van der Waals surface area contributed by atoms with Crippen LogP contribution in [0.15, 0.2) is 48.5 Å². The van der Waals surface area contributed by atoms with Gasteiger partial charge in [-0.1, -0.05) is 53.3 Å². The van der Waals surface area contributed by atoms with Crippen LogP contribution in [-0.2, 0) is 19.4 Å². The van der Waals surface area contributed by atoms with Gasteiger partial charge in [-0.15, -0.1) is 0 Å². The lowest BCUT2D eigenvalue weighted by Crippen LogP contribution is -2.28. The first-order valence-corrected chi connectivity index (χ1v) is 10.00. The average Bonchev–Trinajstić information content (AvgIpc) is 3.27. The van der Waals surface area contributed by atoms with Crippen LogP contribution in [0.5, 0.6) is 0 Å². The van der Waals surface area contributed by atoms with Crippen molar-refractivity contribution in [2.24, 2.45) is 0 Å². The fourth-order valence-electron chi connectivity index (χ4n) is 3.68. The summed E-state index contributed by atoms with van der Waals surface area (Å²) >= 11 is 7.40. The SMILES string of the molecule is O=C(NCc1ccc(Cl)cc1)Nc1nc2c(cc3c4c(cccc42)CC3)s1. The first-order valence-electron chi connectivity index (χ1n) is 8.81. The molecule has 134 valence electrons. The van der Waals surface area contributed by atoms with Crippen LogP contribution in [0.2, 0.25) is 5.02 Å². The molecule has 5 rings (SSSR count). The van der Waals surface area contributed by atoms with Crippen molar-refractivity contribution < 1.29 is 4.79 Å². The van der Waals surface area contributed by atoms with Gasteiger partial charge in [-0.3, -0.25) is 5.32 Å².